The molecule has 0 aromatic heterocycles. The number of nitrogens with one attached hydrogen (secondary N) is 1. The second kappa shape index (κ2) is 4.88. The van der Waals surface area contributed by atoms with E-state index in [0.717, 1.165) is 11.3 Å². The molecule has 1 aromatic carbocycles. The summed E-state index contributed by atoms with van der Waals surface area (Å²) in [5, 5.41) is 21.8. The van der Waals surface area contributed by atoms with Crippen molar-refractivity contribution in [2.45, 2.75) is 25.0 Å². The Bertz CT molecular complexity index is 562. The van der Waals surface area contributed by atoms with Gasteiger partial charge in [0.25, 0.3) is 5.91 Å². The first kappa shape index (κ1) is 13.1. The quantitative estimate of drug-likeness (QED) is 0.660. The highest BCUT2D eigenvalue weighted by molar-refractivity contribution is 5.98. The molecule has 2 amide bonds. The topological polar surface area (TPSA) is 89.9 Å². The predicted octanol–water partition coefficient (Wildman–Crippen LogP) is -0.251. The molecule has 20 heavy (non-hydrogen) atoms. The summed E-state index contributed by atoms with van der Waals surface area (Å²) in [5.41, 5.74) is 2.20. The van der Waals surface area contributed by atoms with Crippen LogP contribution in [0.4, 0.5) is 5.69 Å². The van der Waals surface area contributed by atoms with E-state index in [1.54, 1.807) is 18.2 Å². The Morgan fingerprint density at radius 1 is 1.20 bits per heavy atom. The number of amides is 2. The molecule has 3 N–H and O–H groups in total. The van der Waals surface area contributed by atoms with Crippen molar-refractivity contribution in [1.82, 2.24) is 4.90 Å². The number of hydrogen-bond acceptors (Lipinski definition) is 4. The van der Waals surface area contributed by atoms with E-state index in [1.165, 1.54) is 4.90 Å². The van der Waals surface area contributed by atoms with E-state index in [-0.39, 0.29) is 24.9 Å². The molecule has 1 saturated heterocycles. The molecule has 1 fully saturated rings. The van der Waals surface area contributed by atoms with Crippen molar-refractivity contribution >= 4 is 17.5 Å². The molecule has 106 valence electrons. The number of β-amino-alcohol motifs (C(OH)–C–C–N with tert-alkyl or cyclic N) is 2. The van der Waals surface area contributed by atoms with Gasteiger partial charge in [0.2, 0.25) is 5.91 Å². The van der Waals surface area contributed by atoms with Gasteiger partial charge in [0.1, 0.15) is 0 Å². The van der Waals surface area contributed by atoms with Gasteiger partial charge in [-0.1, -0.05) is 0 Å². The second-order valence-corrected chi connectivity index (χ2v) is 5.26. The number of benzene rings is 1. The van der Waals surface area contributed by atoms with Gasteiger partial charge in [0, 0.05) is 30.8 Å². The summed E-state index contributed by atoms with van der Waals surface area (Å²) in [4.78, 5) is 25.0. The standard InChI is InChI=1S/C14H16N2O4/c17-11-6-16(7-12(11)18)14(20)9-1-3-10-8(5-9)2-4-13(19)15-10/h1,3,5,11-12,17-18H,2,4,6-7H2,(H,15,19). The fourth-order valence-corrected chi connectivity index (χ4v) is 2.63. The predicted molar refractivity (Wildman–Crippen MR) is 71.3 cm³/mol. The lowest BCUT2D eigenvalue weighted by molar-refractivity contribution is -0.116. The van der Waals surface area contributed by atoms with Crippen molar-refractivity contribution < 1.29 is 19.8 Å². The maximum atomic E-state index is 12.3. The molecule has 0 bridgehead atoms. The number of anilines is 1. The highest BCUT2D eigenvalue weighted by atomic mass is 16.3. The third-order valence-corrected chi connectivity index (χ3v) is 3.79. The van der Waals surface area contributed by atoms with E-state index in [0.29, 0.717) is 18.4 Å². The molecule has 2 aliphatic heterocycles. The van der Waals surface area contributed by atoms with Gasteiger partial charge in [-0.2, -0.15) is 0 Å². The van der Waals surface area contributed by atoms with Crippen LogP contribution in [-0.4, -0.2) is 52.2 Å². The van der Waals surface area contributed by atoms with Crippen molar-refractivity contribution in [3.63, 3.8) is 0 Å². The molecule has 2 atom stereocenters. The zero-order valence-corrected chi connectivity index (χ0v) is 10.9. The number of nitrogens with zero attached hydrogens (tertiary/aromatic N) is 1. The molecular weight excluding hydrogens is 260 g/mol. The lowest BCUT2D eigenvalue weighted by atomic mass is 10.00. The van der Waals surface area contributed by atoms with E-state index in [2.05, 4.69) is 5.32 Å². The SMILES string of the molecule is O=C1CCc2cc(C(=O)N3CC(O)C(O)C3)ccc2N1. The summed E-state index contributed by atoms with van der Waals surface area (Å²) < 4.78 is 0. The monoisotopic (exact) mass is 276 g/mol. The first-order valence-corrected chi connectivity index (χ1v) is 6.63. The summed E-state index contributed by atoms with van der Waals surface area (Å²) >= 11 is 0. The minimum Gasteiger partial charge on any atom is -0.388 e. The van der Waals surface area contributed by atoms with Crippen LogP contribution in [-0.2, 0) is 11.2 Å². The van der Waals surface area contributed by atoms with E-state index in [4.69, 9.17) is 0 Å². The number of likely N-dealkylation sites (tertiary alicyclic amines) is 1. The van der Waals surface area contributed by atoms with Crippen LogP contribution in [0.25, 0.3) is 0 Å². The van der Waals surface area contributed by atoms with E-state index in [1.807, 2.05) is 0 Å². The van der Waals surface area contributed by atoms with Gasteiger partial charge in [0.15, 0.2) is 0 Å². The number of carbonyl (C=O) groups is 2. The minimum atomic E-state index is -0.879. The fraction of sp³-hybridized carbons (Fsp3) is 0.429. The summed E-state index contributed by atoms with van der Waals surface area (Å²) in [6.45, 7) is 0.293. The van der Waals surface area contributed by atoms with Crippen LogP contribution in [0.15, 0.2) is 18.2 Å². The van der Waals surface area contributed by atoms with E-state index >= 15 is 0 Å². The first-order valence-electron chi connectivity index (χ1n) is 6.63. The molecule has 6 heteroatoms. The highest BCUT2D eigenvalue weighted by Crippen LogP contribution is 2.24. The van der Waals surface area contributed by atoms with Crippen LogP contribution in [0.3, 0.4) is 0 Å². The third kappa shape index (κ3) is 2.28. The molecule has 0 spiro atoms. The molecular formula is C14H16N2O4. The van der Waals surface area contributed by atoms with Crippen LogP contribution in [0.5, 0.6) is 0 Å². The van der Waals surface area contributed by atoms with Gasteiger partial charge in [-0.3, -0.25) is 9.59 Å². The zero-order valence-electron chi connectivity index (χ0n) is 10.9. The lowest BCUT2D eigenvalue weighted by Crippen LogP contribution is -2.30. The van der Waals surface area contributed by atoms with Crippen molar-refractivity contribution in [2.75, 3.05) is 18.4 Å². The molecule has 2 aliphatic rings. The third-order valence-electron chi connectivity index (χ3n) is 3.79. The highest BCUT2D eigenvalue weighted by Gasteiger charge is 2.33. The van der Waals surface area contributed by atoms with Crippen molar-refractivity contribution in [1.29, 1.82) is 0 Å². The minimum absolute atomic E-state index is 0.0117. The molecule has 2 heterocycles. The van der Waals surface area contributed by atoms with Gasteiger partial charge < -0.3 is 20.4 Å². The molecule has 2 unspecified atom stereocenters. The van der Waals surface area contributed by atoms with Crippen molar-refractivity contribution in [2.24, 2.45) is 0 Å². The average molecular weight is 276 g/mol. The number of hydrogen-bond donors (Lipinski definition) is 3. The number of fused-ring (bicyclic) bond motifs is 1. The largest absolute Gasteiger partial charge is 0.388 e. The van der Waals surface area contributed by atoms with E-state index in [9.17, 15) is 19.8 Å². The number of rotatable bonds is 1. The molecule has 0 radical (unpaired) electrons. The molecule has 0 aliphatic carbocycles. The molecule has 0 saturated carbocycles. The fourth-order valence-electron chi connectivity index (χ4n) is 2.63. The van der Waals surface area contributed by atoms with Crippen LogP contribution in [0, 0.1) is 0 Å². The maximum Gasteiger partial charge on any atom is 0.254 e. The van der Waals surface area contributed by atoms with Crippen LogP contribution in [0.1, 0.15) is 22.3 Å². The second-order valence-electron chi connectivity index (χ2n) is 5.26. The van der Waals surface area contributed by atoms with Crippen LogP contribution < -0.4 is 5.32 Å². The Hall–Kier alpha value is -1.92. The van der Waals surface area contributed by atoms with Crippen molar-refractivity contribution in [3.8, 4) is 0 Å². The van der Waals surface area contributed by atoms with E-state index < -0.39 is 12.2 Å². The maximum absolute atomic E-state index is 12.3. The summed E-state index contributed by atoms with van der Waals surface area (Å²) in [5.74, 6) is -0.220. The Balaban J connectivity index is 1.81. The summed E-state index contributed by atoms with van der Waals surface area (Å²) in [7, 11) is 0. The van der Waals surface area contributed by atoms with Gasteiger partial charge >= 0.3 is 0 Å². The Morgan fingerprint density at radius 2 is 1.90 bits per heavy atom. The molecule has 6 nitrogen and oxygen atoms in total. The summed E-state index contributed by atoms with van der Waals surface area (Å²) in [6, 6.07) is 5.15. The number of aliphatic hydroxyl groups excluding tert-OH is 2. The zero-order chi connectivity index (χ0) is 14.3. The van der Waals surface area contributed by atoms with Crippen LogP contribution in [0.2, 0.25) is 0 Å². The average Bonchev–Trinajstić information content (AvgIpc) is 2.77. The van der Waals surface area contributed by atoms with Crippen LogP contribution >= 0.6 is 0 Å². The van der Waals surface area contributed by atoms with Gasteiger partial charge in [-0.15, -0.1) is 0 Å². The van der Waals surface area contributed by atoms with Gasteiger partial charge in [-0.25, -0.2) is 0 Å². The molecule has 1 aromatic rings. The Labute approximate surface area is 116 Å². The smallest absolute Gasteiger partial charge is 0.254 e. The number of aliphatic hydroxyl groups is 2. The Morgan fingerprint density at radius 3 is 2.60 bits per heavy atom. The number of carbonyl (C=O) groups excluding carboxylic acids is 2. The normalized spacial score (nSPS) is 25.3. The number of aryl methyl sites for hydroxylation is 1. The first-order chi connectivity index (χ1) is 9.54. The Kier molecular flexibility index (Phi) is 3.19. The lowest BCUT2D eigenvalue weighted by Gasteiger charge is -2.19. The molecule has 3 rings (SSSR count). The van der Waals surface area contributed by atoms with Gasteiger partial charge in [0.05, 0.1) is 12.2 Å². The van der Waals surface area contributed by atoms with Crippen molar-refractivity contribution in [3.05, 3.63) is 29.3 Å². The summed E-state index contributed by atoms with van der Waals surface area (Å²) in [6.07, 6.45) is -0.717. The van der Waals surface area contributed by atoms with Gasteiger partial charge in [-0.05, 0) is 30.2 Å².